The van der Waals surface area contributed by atoms with Gasteiger partial charge in [-0.2, -0.15) is 5.26 Å². The molecule has 1 atom stereocenters. The lowest BCUT2D eigenvalue weighted by atomic mass is 9.83. The average Bonchev–Trinajstić information content (AvgIpc) is 2.99. The highest BCUT2D eigenvalue weighted by Gasteiger charge is 2.38. The number of aromatic nitrogens is 2. The minimum absolute atomic E-state index is 0.0531. The topological polar surface area (TPSA) is 149 Å². The molecule has 2 aromatic rings. The number of hydrogen-bond donors (Lipinski definition) is 2. The maximum absolute atomic E-state index is 11.7. The van der Waals surface area contributed by atoms with Crippen LogP contribution >= 0.6 is 0 Å². The van der Waals surface area contributed by atoms with Crippen LogP contribution in [0.25, 0.3) is 0 Å². The molecular formula is C16H15N5O5. The second kappa shape index (κ2) is 6.29. The van der Waals surface area contributed by atoms with E-state index in [9.17, 15) is 15.4 Å². The van der Waals surface area contributed by atoms with E-state index in [4.69, 9.17) is 19.9 Å². The molecule has 10 heteroatoms. The number of methoxy groups -OCH3 is 2. The predicted octanol–water partition coefficient (Wildman–Crippen LogP) is 1.86. The Bertz CT molecular complexity index is 972. The maximum Gasteiger partial charge on any atom is 0.277 e. The zero-order valence-corrected chi connectivity index (χ0v) is 14.2. The van der Waals surface area contributed by atoms with Crippen molar-refractivity contribution in [2.45, 2.75) is 12.8 Å². The Hall–Kier alpha value is -3.74. The third-order valence-corrected chi connectivity index (χ3v) is 4.17. The van der Waals surface area contributed by atoms with Gasteiger partial charge in [-0.1, -0.05) is 0 Å². The molecular weight excluding hydrogens is 342 g/mol. The number of rotatable bonds is 4. The van der Waals surface area contributed by atoms with Crippen molar-refractivity contribution in [3.63, 3.8) is 0 Å². The highest BCUT2D eigenvalue weighted by atomic mass is 16.6. The molecule has 26 heavy (non-hydrogen) atoms. The van der Waals surface area contributed by atoms with Crippen molar-refractivity contribution in [2.75, 3.05) is 14.2 Å². The average molecular weight is 357 g/mol. The predicted molar refractivity (Wildman–Crippen MR) is 88.8 cm³/mol. The first kappa shape index (κ1) is 17.1. The number of hydrogen-bond acceptors (Lipinski definition) is 8. The first-order valence-corrected chi connectivity index (χ1v) is 7.45. The number of H-pyrrole nitrogens is 1. The van der Waals surface area contributed by atoms with Gasteiger partial charge in [0.2, 0.25) is 11.8 Å². The van der Waals surface area contributed by atoms with Gasteiger partial charge in [0.05, 0.1) is 31.1 Å². The summed E-state index contributed by atoms with van der Waals surface area (Å²) in [6.07, 6.45) is 0. The molecule has 2 heterocycles. The van der Waals surface area contributed by atoms with Crippen LogP contribution in [0.2, 0.25) is 0 Å². The van der Waals surface area contributed by atoms with E-state index in [1.165, 1.54) is 26.4 Å². The molecule has 1 aliphatic rings. The standard InChI is InChI=1S/C16H15N5O5/c1-7-13-14(9(6-17)15(18)26-16(13)20-19-7)8-4-11(24-2)12(25-3)5-10(8)21(22)23/h4-5,14H,18H2,1-3H3,(H,19,20). The molecule has 0 saturated heterocycles. The number of ether oxygens (including phenoxy) is 3. The number of aryl methyl sites for hydroxylation is 1. The summed E-state index contributed by atoms with van der Waals surface area (Å²) in [6, 6.07) is 4.71. The van der Waals surface area contributed by atoms with Crippen molar-refractivity contribution in [3.05, 3.63) is 50.5 Å². The van der Waals surface area contributed by atoms with Gasteiger partial charge in [-0.05, 0) is 13.0 Å². The first-order chi connectivity index (χ1) is 12.4. The lowest BCUT2D eigenvalue weighted by molar-refractivity contribution is -0.385. The van der Waals surface area contributed by atoms with Gasteiger partial charge < -0.3 is 19.9 Å². The molecule has 1 aromatic heterocycles. The Labute approximate surface area is 147 Å². The number of nitrogens with one attached hydrogen (secondary N) is 1. The van der Waals surface area contributed by atoms with Crippen LogP contribution in [-0.4, -0.2) is 29.3 Å². The summed E-state index contributed by atoms with van der Waals surface area (Å²) in [6.45, 7) is 1.73. The smallest absolute Gasteiger partial charge is 0.277 e. The number of nitro benzene ring substituents is 1. The molecule has 1 unspecified atom stereocenters. The van der Waals surface area contributed by atoms with Crippen LogP contribution in [0.4, 0.5) is 5.69 Å². The molecule has 1 aromatic carbocycles. The van der Waals surface area contributed by atoms with Crippen LogP contribution in [0.3, 0.4) is 0 Å². The van der Waals surface area contributed by atoms with Crippen molar-refractivity contribution in [2.24, 2.45) is 5.73 Å². The zero-order chi connectivity index (χ0) is 19.0. The molecule has 0 aliphatic carbocycles. The molecule has 0 spiro atoms. The summed E-state index contributed by atoms with van der Waals surface area (Å²) >= 11 is 0. The number of benzene rings is 1. The van der Waals surface area contributed by atoms with Crippen LogP contribution in [0.5, 0.6) is 17.4 Å². The highest BCUT2D eigenvalue weighted by molar-refractivity contribution is 5.64. The van der Waals surface area contributed by atoms with Gasteiger partial charge in [0.25, 0.3) is 5.69 Å². The first-order valence-electron chi connectivity index (χ1n) is 7.45. The Kier molecular flexibility index (Phi) is 4.13. The number of fused-ring (bicyclic) bond motifs is 1. The van der Waals surface area contributed by atoms with E-state index in [0.29, 0.717) is 11.3 Å². The van der Waals surface area contributed by atoms with Gasteiger partial charge in [0, 0.05) is 16.8 Å². The summed E-state index contributed by atoms with van der Waals surface area (Å²) in [4.78, 5) is 11.1. The van der Waals surface area contributed by atoms with Crippen molar-refractivity contribution in [3.8, 4) is 23.4 Å². The molecule has 0 amide bonds. The fraction of sp³-hybridized carbons (Fsp3) is 0.250. The normalized spacial score (nSPS) is 15.7. The fourth-order valence-electron chi connectivity index (χ4n) is 2.98. The van der Waals surface area contributed by atoms with Crippen LogP contribution in [-0.2, 0) is 0 Å². The van der Waals surface area contributed by atoms with E-state index >= 15 is 0 Å². The van der Waals surface area contributed by atoms with Crippen LogP contribution in [0.1, 0.15) is 22.7 Å². The molecule has 0 fully saturated rings. The monoisotopic (exact) mass is 357 g/mol. The number of nitrogens with zero attached hydrogens (tertiary/aromatic N) is 3. The summed E-state index contributed by atoms with van der Waals surface area (Å²) < 4.78 is 15.8. The lowest BCUT2D eigenvalue weighted by Gasteiger charge is -2.24. The third-order valence-electron chi connectivity index (χ3n) is 4.17. The van der Waals surface area contributed by atoms with Gasteiger partial charge in [-0.25, -0.2) is 0 Å². The number of nitrogens with two attached hydrogens (primary N) is 1. The zero-order valence-electron chi connectivity index (χ0n) is 14.2. The number of nitro groups is 1. The van der Waals surface area contributed by atoms with Gasteiger partial charge >= 0.3 is 0 Å². The van der Waals surface area contributed by atoms with Crippen LogP contribution in [0.15, 0.2) is 23.6 Å². The Morgan fingerprint density at radius 2 is 2.04 bits per heavy atom. The van der Waals surface area contributed by atoms with E-state index in [1.807, 2.05) is 6.07 Å². The van der Waals surface area contributed by atoms with Crippen molar-refractivity contribution in [1.29, 1.82) is 5.26 Å². The molecule has 3 N–H and O–H groups in total. The van der Waals surface area contributed by atoms with E-state index in [2.05, 4.69) is 10.2 Å². The Morgan fingerprint density at radius 3 is 2.62 bits per heavy atom. The highest BCUT2D eigenvalue weighted by Crippen LogP contribution is 2.47. The van der Waals surface area contributed by atoms with E-state index < -0.39 is 10.8 Å². The largest absolute Gasteiger partial charge is 0.493 e. The van der Waals surface area contributed by atoms with Crippen molar-refractivity contribution < 1.29 is 19.1 Å². The summed E-state index contributed by atoms with van der Waals surface area (Å²) in [5.74, 6) is -0.316. The minimum atomic E-state index is -0.831. The van der Waals surface area contributed by atoms with Gasteiger partial charge in [0.15, 0.2) is 11.5 Å². The molecule has 1 aliphatic heterocycles. The van der Waals surface area contributed by atoms with Gasteiger partial charge in [-0.3, -0.25) is 15.2 Å². The summed E-state index contributed by atoms with van der Waals surface area (Å²) in [5, 5.41) is 28.0. The molecule has 0 bridgehead atoms. The maximum atomic E-state index is 11.7. The summed E-state index contributed by atoms with van der Waals surface area (Å²) in [7, 11) is 2.80. The second-order valence-electron chi connectivity index (χ2n) is 5.52. The van der Waals surface area contributed by atoms with Crippen molar-refractivity contribution >= 4 is 5.69 Å². The van der Waals surface area contributed by atoms with Gasteiger partial charge in [-0.15, -0.1) is 5.10 Å². The van der Waals surface area contributed by atoms with Crippen molar-refractivity contribution in [1.82, 2.24) is 10.2 Å². The number of aromatic amines is 1. The van der Waals surface area contributed by atoms with E-state index in [1.54, 1.807) is 6.92 Å². The van der Waals surface area contributed by atoms with Gasteiger partial charge in [0.1, 0.15) is 11.6 Å². The molecule has 0 radical (unpaired) electrons. The fourth-order valence-corrected chi connectivity index (χ4v) is 2.98. The van der Waals surface area contributed by atoms with Crippen LogP contribution < -0.4 is 19.9 Å². The third kappa shape index (κ3) is 2.46. The van der Waals surface area contributed by atoms with E-state index in [0.717, 1.165) is 0 Å². The minimum Gasteiger partial charge on any atom is -0.493 e. The SMILES string of the molecule is COc1cc(C2C(C#N)=C(N)Oc3n[nH]c(C)c32)c([N+](=O)[O-])cc1OC. The van der Waals surface area contributed by atoms with E-state index in [-0.39, 0.29) is 40.1 Å². The quantitative estimate of drug-likeness (QED) is 0.622. The molecule has 0 saturated carbocycles. The number of nitriles is 1. The number of allylic oxidation sites excluding steroid dienone is 1. The molecule has 3 rings (SSSR count). The second-order valence-corrected chi connectivity index (χ2v) is 5.52. The molecule has 10 nitrogen and oxygen atoms in total. The Morgan fingerprint density at radius 1 is 1.38 bits per heavy atom. The molecule has 134 valence electrons. The van der Waals surface area contributed by atoms with Crippen LogP contribution in [0, 0.1) is 28.4 Å². The lowest BCUT2D eigenvalue weighted by Crippen LogP contribution is -2.21. The Balaban J connectivity index is 2.36. The summed E-state index contributed by atoms with van der Waals surface area (Å²) in [5.41, 5.74) is 7.00.